The summed E-state index contributed by atoms with van der Waals surface area (Å²) < 4.78 is 1.82. The summed E-state index contributed by atoms with van der Waals surface area (Å²) in [5.74, 6) is 0.498. The fraction of sp³-hybridized carbons (Fsp3) is 0.281. The van der Waals surface area contributed by atoms with Crippen molar-refractivity contribution in [3.63, 3.8) is 0 Å². The topological polar surface area (TPSA) is 70.5 Å². The van der Waals surface area contributed by atoms with Crippen LogP contribution in [0.1, 0.15) is 27.5 Å². The molecule has 1 aliphatic rings. The molecule has 0 radical (unpaired) electrons. The van der Waals surface area contributed by atoms with Crippen LogP contribution in [0.15, 0.2) is 72.8 Å². The second kappa shape index (κ2) is 12.5. The molecule has 7 nitrogen and oxygen atoms in total. The molecule has 2 amide bonds. The Balaban J connectivity index is 1.74. The van der Waals surface area contributed by atoms with Gasteiger partial charge in [0.25, 0.3) is 0 Å². The van der Waals surface area contributed by atoms with Crippen molar-refractivity contribution in [3.8, 4) is 16.9 Å². The molecule has 0 saturated carbocycles. The van der Waals surface area contributed by atoms with Gasteiger partial charge in [-0.05, 0) is 63.3 Å². The molecule has 0 saturated heterocycles. The number of amides is 2. The highest BCUT2D eigenvalue weighted by Crippen LogP contribution is 2.49. The molecule has 0 spiro atoms. The minimum Gasteiger partial charge on any atom is -0.353 e. The van der Waals surface area contributed by atoms with Gasteiger partial charge < -0.3 is 10.2 Å². The number of thioether (sulfide) groups is 1. The zero-order valence-electron chi connectivity index (χ0n) is 23.7. The Morgan fingerprint density at radius 3 is 2.44 bits per heavy atom. The number of likely N-dealkylation sites (N-methyl/N-ethyl adjacent to an activating group) is 1. The maximum Gasteiger partial charge on any atom is 0.240 e. The van der Waals surface area contributed by atoms with E-state index in [4.69, 9.17) is 16.7 Å². The average molecular weight is 588 g/mol. The Labute approximate surface area is 250 Å². The molecule has 1 aliphatic heterocycles. The first kappa shape index (κ1) is 28.9. The van der Waals surface area contributed by atoms with Crippen LogP contribution in [0.25, 0.3) is 16.9 Å². The number of hydrogen-bond acceptors (Lipinski definition) is 5. The smallest absolute Gasteiger partial charge is 0.240 e. The van der Waals surface area contributed by atoms with E-state index in [-0.39, 0.29) is 29.4 Å². The Morgan fingerprint density at radius 2 is 1.76 bits per heavy atom. The number of aryl methyl sites for hydroxylation is 2. The van der Waals surface area contributed by atoms with Crippen LogP contribution >= 0.6 is 23.4 Å². The van der Waals surface area contributed by atoms with Gasteiger partial charge in [-0.3, -0.25) is 14.5 Å². The van der Waals surface area contributed by atoms with Gasteiger partial charge >= 0.3 is 0 Å². The van der Waals surface area contributed by atoms with E-state index >= 15 is 0 Å². The zero-order chi connectivity index (χ0) is 29.1. The van der Waals surface area contributed by atoms with Gasteiger partial charge in [0, 0.05) is 29.2 Å². The molecule has 5 rings (SSSR count). The summed E-state index contributed by atoms with van der Waals surface area (Å²) in [6, 6.07) is 23.9. The summed E-state index contributed by atoms with van der Waals surface area (Å²) in [6.07, 6.45) is 0. The summed E-state index contributed by atoms with van der Waals surface area (Å²) in [6.45, 7) is 5.22. The Hall–Kier alpha value is -3.59. The molecular formula is C32H34ClN5O2S. The van der Waals surface area contributed by atoms with Crippen LogP contribution in [0.4, 0.5) is 5.82 Å². The molecule has 0 bridgehead atoms. The molecular weight excluding hydrogens is 554 g/mol. The largest absolute Gasteiger partial charge is 0.353 e. The van der Waals surface area contributed by atoms with Crippen molar-refractivity contribution in [2.75, 3.05) is 44.4 Å². The number of benzene rings is 3. The molecule has 0 fully saturated rings. The fourth-order valence-electron chi connectivity index (χ4n) is 4.95. The lowest BCUT2D eigenvalue weighted by molar-refractivity contribution is -0.122. The zero-order valence-corrected chi connectivity index (χ0v) is 25.3. The Bertz CT molecular complexity index is 1550. The second-order valence-electron chi connectivity index (χ2n) is 10.5. The maximum absolute atomic E-state index is 13.8. The summed E-state index contributed by atoms with van der Waals surface area (Å²) in [7, 11) is 3.91. The molecule has 1 atom stereocenters. The highest BCUT2D eigenvalue weighted by Gasteiger charge is 2.38. The first-order valence-electron chi connectivity index (χ1n) is 13.6. The van der Waals surface area contributed by atoms with E-state index in [2.05, 4.69) is 24.4 Å². The Morgan fingerprint density at radius 1 is 1.05 bits per heavy atom. The van der Waals surface area contributed by atoms with Gasteiger partial charge in [-0.1, -0.05) is 65.7 Å². The third kappa shape index (κ3) is 6.35. The third-order valence-corrected chi connectivity index (χ3v) is 8.63. The molecule has 2 heterocycles. The second-order valence-corrected chi connectivity index (χ2v) is 12.1. The van der Waals surface area contributed by atoms with E-state index in [1.807, 2.05) is 91.3 Å². The predicted molar refractivity (Wildman–Crippen MR) is 168 cm³/mol. The van der Waals surface area contributed by atoms with Crippen LogP contribution in [0.3, 0.4) is 0 Å². The molecule has 212 valence electrons. The maximum atomic E-state index is 13.8. The number of fused-ring (bicyclic) bond motifs is 1. The van der Waals surface area contributed by atoms with Gasteiger partial charge in [-0.15, -0.1) is 11.8 Å². The Kier molecular flexibility index (Phi) is 8.82. The van der Waals surface area contributed by atoms with Gasteiger partial charge in [0.1, 0.15) is 12.4 Å². The number of anilines is 1. The van der Waals surface area contributed by atoms with Gasteiger partial charge in [-0.25, -0.2) is 4.68 Å². The highest BCUT2D eigenvalue weighted by molar-refractivity contribution is 8.00. The quantitative estimate of drug-likeness (QED) is 0.288. The van der Waals surface area contributed by atoms with Crippen LogP contribution in [-0.4, -0.2) is 66.0 Å². The van der Waals surface area contributed by atoms with Crippen molar-refractivity contribution in [2.45, 2.75) is 19.1 Å². The van der Waals surface area contributed by atoms with E-state index in [1.165, 1.54) is 0 Å². The monoisotopic (exact) mass is 587 g/mol. The molecule has 9 heteroatoms. The lowest BCUT2D eigenvalue weighted by atomic mass is 9.96. The van der Waals surface area contributed by atoms with E-state index in [0.717, 1.165) is 39.2 Å². The number of nitrogens with one attached hydrogen (secondary N) is 1. The number of hydrogen-bond donors (Lipinski definition) is 1. The van der Waals surface area contributed by atoms with Crippen molar-refractivity contribution < 1.29 is 9.59 Å². The van der Waals surface area contributed by atoms with Gasteiger partial charge in [0.15, 0.2) is 0 Å². The van der Waals surface area contributed by atoms with Crippen LogP contribution in [-0.2, 0) is 9.59 Å². The number of halogens is 1. The number of rotatable bonds is 8. The van der Waals surface area contributed by atoms with Crippen LogP contribution in [0, 0.1) is 13.8 Å². The van der Waals surface area contributed by atoms with Gasteiger partial charge in [0.2, 0.25) is 11.8 Å². The SMILES string of the molecule is Cc1ccc(-n2nc(-c3ccc(Cl)cc3)c3c2N(CC(=O)NCCN(C)C)C(=O)CS[C@H]3c2ccccc2C)cc1. The predicted octanol–water partition coefficient (Wildman–Crippen LogP) is 5.66. The number of carbonyl (C=O) groups excluding carboxylic acids is 2. The lowest BCUT2D eigenvalue weighted by Gasteiger charge is -2.23. The minimum absolute atomic E-state index is 0.0993. The van der Waals surface area contributed by atoms with Crippen molar-refractivity contribution in [2.24, 2.45) is 0 Å². The van der Waals surface area contributed by atoms with Crippen LogP contribution in [0.2, 0.25) is 5.02 Å². The first-order valence-corrected chi connectivity index (χ1v) is 15.0. The molecule has 4 aromatic rings. The van der Waals surface area contributed by atoms with E-state index in [9.17, 15) is 9.59 Å². The molecule has 0 unspecified atom stereocenters. The van der Waals surface area contributed by atoms with Crippen molar-refractivity contribution in [3.05, 3.63) is 100 Å². The van der Waals surface area contributed by atoms with Gasteiger partial charge in [-0.2, -0.15) is 5.10 Å². The molecule has 41 heavy (non-hydrogen) atoms. The van der Waals surface area contributed by atoms with E-state index in [0.29, 0.717) is 23.9 Å². The average Bonchev–Trinajstić information content (AvgIpc) is 3.27. The normalized spacial score (nSPS) is 15.1. The summed E-state index contributed by atoms with van der Waals surface area (Å²) >= 11 is 7.83. The summed E-state index contributed by atoms with van der Waals surface area (Å²) in [4.78, 5) is 30.7. The van der Waals surface area contributed by atoms with E-state index in [1.54, 1.807) is 16.7 Å². The first-order chi connectivity index (χ1) is 19.7. The summed E-state index contributed by atoms with van der Waals surface area (Å²) in [5, 5.41) is 8.57. The molecule has 0 aliphatic carbocycles. The van der Waals surface area contributed by atoms with Crippen molar-refractivity contribution in [1.82, 2.24) is 20.0 Å². The van der Waals surface area contributed by atoms with Crippen LogP contribution in [0.5, 0.6) is 0 Å². The number of carbonyl (C=O) groups is 2. The van der Waals surface area contributed by atoms with Crippen molar-refractivity contribution in [1.29, 1.82) is 0 Å². The number of aromatic nitrogens is 2. The van der Waals surface area contributed by atoms with E-state index < -0.39 is 0 Å². The lowest BCUT2D eigenvalue weighted by Crippen LogP contribution is -2.43. The number of nitrogens with zero attached hydrogens (tertiary/aromatic N) is 4. The minimum atomic E-state index is -0.213. The highest BCUT2D eigenvalue weighted by atomic mass is 35.5. The van der Waals surface area contributed by atoms with Crippen LogP contribution < -0.4 is 10.2 Å². The standard InChI is InChI=1S/C32H34ClN5O2S/c1-21-9-15-25(16-10-21)38-32-29(30(35-38)23-11-13-24(33)14-12-23)31(26-8-6-5-7-22(26)2)41-20-28(40)37(32)19-27(39)34-17-18-36(3)4/h5-16,31H,17-20H2,1-4H3,(H,34,39)/t31-/m0/s1. The third-order valence-electron chi connectivity index (χ3n) is 7.14. The fourth-order valence-corrected chi connectivity index (χ4v) is 6.37. The molecule has 1 N–H and O–H groups in total. The molecule has 3 aromatic carbocycles. The van der Waals surface area contributed by atoms with Crippen molar-refractivity contribution >= 4 is 41.0 Å². The molecule has 1 aromatic heterocycles. The van der Waals surface area contributed by atoms with Gasteiger partial charge in [0.05, 0.1) is 22.4 Å². The summed E-state index contributed by atoms with van der Waals surface area (Å²) in [5.41, 5.74) is 6.72.